The zero-order valence-corrected chi connectivity index (χ0v) is 11.2. The first-order valence-electron chi connectivity index (χ1n) is 6.34. The minimum atomic E-state index is -4.40. The maximum Gasteiger partial charge on any atom is 0.419 e. The molecule has 6 heteroatoms. The predicted octanol–water partition coefficient (Wildman–Crippen LogP) is 3.28. The molecule has 0 spiro atoms. The third-order valence-corrected chi connectivity index (χ3v) is 3.68. The lowest BCUT2D eigenvalue weighted by Gasteiger charge is -2.30. The van der Waals surface area contributed by atoms with Crippen molar-refractivity contribution in [2.75, 3.05) is 18.4 Å². The molecule has 1 heterocycles. The third kappa shape index (κ3) is 3.83. The lowest BCUT2D eigenvalue weighted by atomic mass is 9.82. The lowest BCUT2D eigenvalue weighted by molar-refractivity contribution is -0.137. The highest BCUT2D eigenvalue weighted by molar-refractivity contribution is 5.45. The van der Waals surface area contributed by atoms with Crippen LogP contribution in [0.15, 0.2) is 18.3 Å². The molecule has 1 aromatic rings. The van der Waals surface area contributed by atoms with Crippen molar-refractivity contribution < 1.29 is 13.2 Å². The van der Waals surface area contributed by atoms with E-state index in [0.717, 1.165) is 18.9 Å². The van der Waals surface area contributed by atoms with Gasteiger partial charge < -0.3 is 11.1 Å². The molecule has 0 radical (unpaired) electrons. The summed E-state index contributed by atoms with van der Waals surface area (Å²) in [5, 5.41) is 2.80. The molecule has 0 aliphatic heterocycles. The molecule has 0 aliphatic carbocycles. The molecule has 0 bridgehead atoms. The summed E-state index contributed by atoms with van der Waals surface area (Å²) >= 11 is 0. The van der Waals surface area contributed by atoms with Gasteiger partial charge in [0.2, 0.25) is 0 Å². The molecular weight excluding hydrogens is 255 g/mol. The molecule has 0 saturated carbocycles. The van der Waals surface area contributed by atoms with Gasteiger partial charge in [0.05, 0.1) is 5.56 Å². The van der Waals surface area contributed by atoms with Crippen molar-refractivity contribution in [1.29, 1.82) is 0 Å². The predicted molar refractivity (Wildman–Crippen MR) is 69.8 cm³/mol. The maximum absolute atomic E-state index is 12.8. The van der Waals surface area contributed by atoms with E-state index in [1.165, 1.54) is 12.3 Å². The molecule has 3 N–H and O–H groups in total. The van der Waals surface area contributed by atoms with Crippen LogP contribution in [0, 0.1) is 5.41 Å². The fraction of sp³-hybridized carbons (Fsp3) is 0.615. The number of rotatable bonds is 6. The smallest absolute Gasteiger partial charge is 0.369 e. The van der Waals surface area contributed by atoms with Crippen LogP contribution in [0.5, 0.6) is 0 Å². The van der Waals surface area contributed by atoms with Crippen LogP contribution in [0.1, 0.15) is 32.3 Å². The number of hydrogen-bond acceptors (Lipinski definition) is 3. The molecule has 0 unspecified atom stereocenters. The topological polar surface area (TPSA) is 50.9 Å². The van der Waals surface area contributed by atoms with Crippen LogP contribution >= 0.6 is 0 Å². The Labute approximate surface area is 111 Å². The Bertz CT molecular complexity index is 392. The van der Waals surface area contributed by atoms with Gasteiger partial charge >= 0.3 is 6.18 Å². The summed E-state index contributed by atoms with van der Waals surface area (Å²) in [6.07, 6.45) is -1.44. The number of nitrogens with two attached hydrogens (primary N) is 1. The van der Waals surface area contributed by atoms with Gasteiger partial charge in [-0.1, -0.05) is 13.8 Å². The zero-order chi connectivity index (χ0) is 14.5. The van der Waals surface area contributed by atoms with Crippen molar-refractivity contribution in [2.24, 2.45) is 11.1 Å². The Morgan fingerprint density at radius 3 is 2.37 bits per heavy atom. The first kappa shape index (κ1) is 15.8. The van der Waals surface area contributed by atoms with Gasteiger partial charge in [0.25, 0.3) is 0 Å². The summed E-state index contributed by atoms with van der Waals surface area (Å²) < 4.78 is 38.4. The van der Waals surface area contributed by atoms with Crippen LogP contribution in [0.4, 0.5) is 19.0 Å². The molecule has 1 aromatic heterocycles. The fourth-order valence-electron chi connectivity index (χ4n) is 1.91. The summed E-state index contributed by atoms with van der Waals surface area (Å²) in [4.78, 5) is 3.78. The van der Waals surface area contributed by atoms with Gasteiger partial charge in [-0.05, 0) is 36.9 Å². The second-order valence-electron chi connectivity index (χ2n) is 4.66. The van der Waals surface area contributed by atoms with E-state index in [9.17, 15) is 13.2 Å². The summed E-state index contributed by atoms with van der Waals surface area (Å²) in [6, 6.07) is 2.31. The first-order valence-corrected chi connectivity index (χ1v) is 6.34. The highest BCUT2D eigenvalue weighted by Crippen LogP contribution is 2.34. The monoisotopic (exact) mass is 275 g/mol. The van der Waals surface area contributed by atoms with E-state index in [4.69, 9.17) is 5.73 Å². The fourth-order valence-corrected chi connectivity index (χ4v) is 1.91. The zero-order valence-electron chi connectivity index (χ0n) is 11.2. The van der Waals surface area contributed by atoms with Crippen LogP contribution in [0.3, 0.4) is 0 Å². The van der Waals surface area contributed by atoms with Crippen LogP contribution in [0.25, 0.3) is 0 Å². The number of pyridine rings is 1. The maximum atomic E-state index is 12.8. The van der Waals surface area contributed by atoms with Crippen molar-refractivity contribution in [3.63, 3.8) is 0 Å². The molecule has 108 valence electrons. The van der Waals surface area contributed by atoms with E-state index in [0.29, 0.717) is 13.1 Å². The Balaban J connectivity index is 2.89. The van der Waals surface area contributed by atoms with Crippen LogP contribution in [-0.4, -0.2) is 18.1 Å². The standard InChI is InChI=1S/C13H20F3N3/c1-3-12(4-2,8-17)9-19-11-10(13(14,15)16)6-5-7-18-11/h5-7H,3-4,8-9,17H2,1-2H3,(H,18,19). The van der Waals surface area contributed by atoms with Crippen molar-refractivity contribution >= 4 is 5.82 Å². The molecule has 1 rings (SSSR count). The molecule has 0 amide bonds. The quantitative estimate of drug-likeness (QED) is 0.837. The first-order chi connectivity index (χ1) is 8.88. The Kier molecular flexibility index (Phi) is 5.17. The second-order valence-corrected chi connectivity index (χ2v) is 4.66. The van der Waals surface area contributed by atoms with Crippen molar-refractivity contribution in [3.8, 4) is 0 Å². The van der Waals surface area contributed by atoms with Gasteiger partial charge in [-0.25, -0.2) is 4.98 Å². The largest absolute Gasteiger partial charge is 0.419 e. The normalized spacial score (nSPS) is 12.5. The van der Waals surface area contributed by atoms with Gasteiger partial charge in [0, 0.05) is 12.7 Å². The minimum absolute atomic E-state index is 0.130. The van der Waals surface area contributed by atoms with Crippen molar-refractivity contribution in [1.82, 2.24) is 4.98 Å². The number of hydrogen-bond donors (Lipinski definition) is 2. The average Bonchev–Trinajstić information content (AvgIpc) is 2.40. The Hall–Kier alpha value is -1.30. The van der Waals surface area contributed by atoms with E-state index in [-0.39, 0.29) is 11.2 Å². The molecule has 0 aliphatic rings. The molecule has 0 fully saturated rings. The molecule has 0 saturated heterocycles. The third-order valence-electron chi connectivity index (χ3n) is 3.68. The number of aromatic nitrogens is 1. The van der Waals surface area contributed by atoms with Crippen LogP contribution in [-0.2, 0) is 6.18 Å². The average molecular weight is 275 g/mol. The van der Waals surface area contributed by atoms with Gasteiger partial charge in [-0.3, -0.25) is 0 Å². The number of halogens is 3. The summed E-state index contributed by atoms with van der Waals surface area (Å²) in [6.45, 7) is 4.79. The van der Waals surface area contributed by atoms with E-state index >= 15 is 0 Å². The number of anilines is 1. The minimum Gasteiger partial charge on any atom is -0.369 e. The summed E-state index contributed by atoms with van der Waals surface area (Å²) in [5.74, 6) is -0.130. The highest BCUT2D eigenvalue weighted by atomic mass is 19.4. The second kappa shape index (κ2) is 6.23. The summed E-state index contributed by atoms with van der Waals surface area (Å²) in [5.41, 5.74) is 4.80. The van der Waals surface area contributed by atoms with Gasteiger partial charge in [0.1, 0.15) is 5.82 Å². The van der Waals surface area contributed by atoms with Gasteiger partial charge in [0.15, 0.2) is 0 Å². The van der Waals surface area contributed by atoms with E-state index in [1.807, 2.05) is 13.8 Å². The SMILES string of the molecule is CCC(CC)(CN)CNc1ncccc1C(F)(F)F. The highest BCUT2D eigenvalue weighted by Gasteiger charge is 2.34. The molecule has 0 aromatic carbocycles. The van der Waals surface area contributed by atoms with Crippen molar-refractivity contribution in [2.45, 2.75) is 32.9 Å². The van der Waals surface area contributed by atoms with Crippen LogP contribution in [0.2, 0.25) is 0 Å². The summed E-state index contributed by atoms with van der Waals surface area (Å²) in [7, 11) is 0. The van der Waals surface area contributed by atoms with Gasteiger partial charge in [-0.2, -0.15) is 13.2 Å². The van der Waals surface area contributed by atoms with Crippen molar-refractivity contribution in [3.05, 3.63) is 23.9 Å². The molecule has 0 atom stereocenters. The van der Waals surface area contributed by atoms with E-state index in [1.54, 1.807) is 0 Å². The van der Waals surface area contributed by atoms with Gasteiger partial charge in [-0.15, -0.1) is 0 Å². The van der Waals surface area contributed by atoms with E-state index < -0.39 is 11.7 Å². The molecular formula is C13H20F3N3. The Morgan fingerprint density at radius 2 is 1.89 bits per heavy atom. The number of alkyl halides is 3. The Morgan fingerprint density at radius 1 is 1.26 bits per heavy atom. The number of nitrogens with one attached hydrogen (secondary N) is 1. The number of nitrogens with zero attached hydrogens (tertiary/aromatic N) is 1. The molecule has 19 heavy (non-hydrogen) atoms. The van der Waals surface area contributed by atoms with Crippen LogP contribution < -0.4 is 11.1 Å². The van der Waals surface area contributed by atoms with E-state index in [2.05, 4.69) is 10.3 Å². The molecule has 3 nitrogen and oxygen atoms in total. The lowest BCUT2D eigenvalue weighted by Crippen LogP contribution is -2.36.